The fourth-order valence-corrected chi connectivity index (χ4v) is 3.32. The van der Waals surface area contributed by atoms with Crippen LogP contribution < -0.4 is 10.1 Å². The maximum absolute atomic E-state index is 12.8. The van der Waals surface area contributed by atoms with Crippen molar-refractivity contribution >= 4 is 11.6 Å². The van der Waals surface area contributed by atoms with Crippen molar-refractivity contribution in [3.05, 3.63) is 60.2 Å². The zero-order valence-electron chi connectivity index (χ0n) is 15.8. The Morgan fingerprint density at radius 1 is 1.14 bits per heavy atom. The largest absolute Gasteiger partial charge is 0.433 e. The lowest BCUT2D eigenvalue weighted by molar-refractivity contribution is -0.128. The van der Waals surface area contributed by atoms with Gasteiger partial charge in [-0.05, 0) is 31.5 Å². The Labute approximate surface area is 163 Å². The molecule has 0 saturated carbocycles. The third-order valence-electron chi connectivity index (χ3n) is 4.75. The number of ether oxygens (including phenoxy) is 2. The Morgan fingerprint density at radius 3 is 2.54 bits per heavy atom. The molecule has 2 aromatic carbocycles. The Bertz CT molecular complexity index is 788. The lowest BCUT2D eigenvalue weighted by Gasteiger charge is -2.39. The first-order valence-electron chi connectivity index (χ1n) is 9.23. The summed E-state index contributed by atoms with van der Waals surface area (Å²) in [5, 5.41) is 2.70. The first-order valence-corrected chi connectivity index (χ1v) is 9.23. The molecule has 3 rings (SSSR count). The molecule has 0 spiro atoms. The van der Waals surface area contributed by atoms with Crippen molar-refractivity contribution in [2.75, 3.05) is 18.4 Å². The second-order valence-corrected chi connectivity index (χ2v) is 6.84. The van der Waals surface area contributed by atoms with Crippen LogP contribution in [0.2, 0.25) is 0 Å². The highest BCUT2D eigenvalue weighted by Crippen LogP contribution is 2.28. The quantitative estimate of drug-likeness (QED) is 0.808. The molecule has 0 aliphatic carbocycles. The molecule has 1 N–H and O–H groups in total. The van der Waals surface area contributed by atoms with Gasteiger partial charge in [0.1, 0.15) is 5.75 Å². The molecule has 1 heterocycles. The van der Waals surface area contributed by atoms with E-state index in [-0.39, 0.29) is 29.6 Å². The summed E-state index contributed by atoms with van der Waals surface area (Å²) in [7, 11) is 0. The molecule has 3 atom stereocenters. The van der Waals surface area contributed by atoms with Crippen molar-refractivity contribution in [2.45, 2.75) is 38.7 Å². The summed E-state index contributed by atoms with van der Waals surface area (Å²) >= 11 is 0. The fourth-order valence-electron chi connectivity index (χ4n) is 3.32. The molecule has 3 unspecified atom stereocenters. The molecule has 0 radical (unpaired) electrons. The van der Waals surface area contributed by atoms with Crippen molar-refractivity contribution in [3.8, 4) is 5.75 Å². The summed E-state index contributed by atoms with van der Waals surface area (Å²) in [6, 6.07) is 15.6. The van der Waals surface area contributed by atoms with Gasteiger partial charge in [0.15, 0.2) is 0 Å². The number of carbonyl (C=O) groups excluding carboxylic acids is 1. The van der Waals surface area contributed by atoms with Crippen LogP contribution in [0.5, 0.6) is 5.75 Å². The Kier molecular flexibility index (Phi) is 6.59. The van der Waals surface area contributed by atoms with Crippen LogP contribution in [-0.4, -0.2) is 42.7 Å². The number of amides is 1. The van der Waals surface area contributed by atoms with Crippen molar-refractivity contribution in [1.82, 2.24) is 4.90 Å². The number of halogens is 2. The number of nitrogens with one attached hydrogen (secondary N) is 1. The van der Waals surface area contributed by atoms with Crippen LogP contribution >= 0.6 is 0 Å². The minimum absolute atomic E-state index is 0.0383. The van der Waals surface area contributed by atoms with Gasteiger partial charge in [-0.2, -0.15) is 8.78 Å². The van der Waals surface area contributed by atoms with Crippen LogP contribution in [0.3, 0.4) is 0 Å². The summed E-state index contributed by atoms with van der Waals surface area (Å²) in [6.07, 6.45) is -0.168. The SMILES string of the molecule is CC1CN(C(C)C(=O)Nc2ccccc2OC(F)F)CC(c2ccccc2)O1. The van der Waals surface area contributed by atoms with Gasteiger partial charge in [0.2, 0.25) is 5.91 Å². The third-order valence-corrected chi connectivity index (χ3v) is 4.75. The molecule has 2 aromatic rings. The molecule has 150 valence electrons. The minimum Gasteiger partial charge on any atom is -0.433 e. The van der Waals surface area contributed by atoms with Gasteiger partial charge in [-0.15, -0.1) is 0 Å². The van der Waals surface area contributed by atoms with Crippen LogP contribution in [-0.2, 0) is 9.53 Å². The smallest absolute Gasteiger partial charge is 0.387 e. The van der Waals surface area contributed by atoms with E-state index in [1.165, 1.54) is 12.1 Å². The number of alkyl halides is 2. The number of nitrogens with zero attached hydrogens (tertiary/aromatic N) is 1. The predicted molar refractivity (Wildman–Crippen MR) is 102 cm³/mol. The van der Waals surface area contributed by atoms with Gasteiger partial charge in [-0.25, -0.2) is 0 Å². The van der Waals surface area contributed by atoms with Crippen molar-refractivity contribution in [1.29, 1.82) is 0 Å². The topological polar surface area (TPSA) is 50.8 Å². The summed E-state index contributed by atoms with van der Waals surface area (Å²) in [6.45, 7) is 1.98. The maximum atomic E-state index is 12.8. The maximum Gasteiger partial charge on any atom is 0.387 e. The Morgan fingerprint density at radius 2 is 1.82 bits per heavy atom. The average molecular weight is 390 g/mol. The summed E-state index contributed by atoms with van der Waals surface area (Å²) in [5.41, 5.74) is 1.28. The molecule has 7 heteroatoms. The number of hydrogen-bond donors (Lipinski definition) is 1. The second-order valence-electron chi connectivity index (χ2n) is 6.84. The lowest BCUT2D eigenvalue weighted by atomic mass is 10.1. The molecule has 0 bridgehead atoms. The second kappa shape index (κ2) is 9.12. The first-order chi connectivity index (χ1) is 13.4. The normalized spacial score (nSPS) is 21.3. The van der Waals surface area contributed by atoms with Crippen LogP contribution in [0, 0.1) is 0 Å². The van der Waals surface area contributed by atoms with Gasteiger partial charge in [-0.1, -0.05) is 42.5 Å². The van der Waals surface area contributed by atoms with Gasteiger partial charge in [0.25, 0.3) is 0 Å². The van der Waals surface area contributed by atoms with E-state index in [0.717, 1.165) is 5.56 Å². The van der Waals surface area contributed by atoms with E-state index in [4.69, 9.17) is 4.74 Å². The summed E-state index contributed by atoms with van der Waals surface area (Å²) in [4.78, 5) is 14.8. The molecule has 0 aromatic heterocycles. The van der Waals surface area contributed by atoms with Gasteiger partial charge in [0, 0.05) is 13.1 Å². The van der Waals surface area contributed by atoms with Gasteiger partial charge in [-0.3, -0.25) is 9.69 Å². The number of morpholine rings is 1. The minimum atomic E-state index is -2.96. The first kappa shape index (κ1) is 20.2. The van der Waals surface area contributed by atoms with E-state index in [0.29, 0.717) is 13.1 Å². The monoisotopic (exact) mass is 390 g/mol. The molecular weight excluding hydrogens is 366 g/mol. The van der Waals surface area contributed by atoms with Crippen LogP contribution in [0.25, 0.3) is 0 Å². The number of carbonyl (C=O) groups is 1. The molecule has 1 aliphatic heterocycles. The van der Waals surface area contributed by atoms with Gasteiger partial charge < -0.3 is 14.8 Å². The van der Waals surface area contributed by atoms with Crippen LogP contribution in [0.1, 0.15) is 25.5 Å². The van der Waals surface area contributed by atoms with Crippen LogP contribution in [0.4, 0.5) is 14.5 Å². The van der Waals surface area contributed by atoms with E-state index in [1.54, 1.807) is 19.1 Å². The predicted octanol–water partition coefficient (Wildman–Crippen LogP) is 4.08. The number of rotatable bonds is 6. The van der Waals surface area contributed by atoms with Crippen molar-refractivity contribution in [2.24, 2.45) is 0 Å². The van der Waals surface area contributed by atoms with E-state index >= 15 is 0 Å². The standard InChI is InChI=1S/C21H24F2N2O3/c1-14-12-25(13-19(27-14)16-8-4-3-5-9-16)15(2)20(26)24-17-10-6-7-11-18(17)28-21(22)23/h3-11,14-15,19,21H,12-13H2,1-2H3,(H,24,26). The zero-order chi connectivity index (χ0) is 20.1. The van der Waals surface area contributed by atoms with Crippen molar-refractivity contribution < 1.29 is 23.0 Å². The molecular formula is C21H24F2N2O3. The Hall–Kier alpha value is -2.51. The van der Waals surface area contributed by atoms with E-state index < -0.39 is 12.7 Å². The Balaban J connectivity index is 1.69. The van der Waals surface area contributed by atoms with Crippen molar-refractivity contribution in [3.63, 3.8) is 0 Å². The lowest BCUT2D eigenvalue weighted by Crippen LogP contribution is -2.51. The fraction of sp³-hybridized carbons (Fsp3) is 0.381. The van der Waals surface area contributed by atoms with Gasteiger partial charge in [0.05, 0.1) is 23.9 Å². The number of benzene rings is 2. The molecule has 5 nitrogen and oxygen atoms in total. The highest BCUT2D eigenvalue weighted by Gasteiger charge is 2.32. The molecule has 28 heavy (non-hydrogen) atoms. The van der Waals surface area contributed by atoms with E-state index in [9.17, 15) is 13.6 Å². The van der Waals surface area contributed by atoms with E-state index in [2.05, 4.69) is 10.1 Å². The van der Waals surface area contributed by atoms with E-state index in [1.807, 2.05) is 42.2 Å². The highest BCUT2D eigenvalue weighted by atomic mass is 19.3. The number of hydrogen-bond acceptors (Lipinski definition) is 4. The molecule has 1 fully saturated rings. The third kappa shape index (κ3) is 5.05. The van der Waals surface area contributed by atoms with Crippen LogP contribution in [0.15, 0.2) is 54.6 Å². The molecule has 1 amide bonds. The summed E-state index contributed by atoms with van der Waals surface area (Å²) in [5.74, 6) is -0.346. The summed E-state index contributed by atoms with van der Waals surface area (Å²) < 4.78 is 35.7. The average Bonchev–Trinajstić information content (AvgIpc) is 2.68. The number of para-hydroxylation sites is 2. The highest BCUT2D eigenvalue weighted by molar-refractivity contribution is 5.95. The number of anilines is 1. The molecule has 1 saturated heterocycles. The molecule has 1 aliphatic rings. The van der Waals surface area contributed by atoms with Gasteiger partial charge >= 0.3 is 6.61 Å². The zero-order valence-corrected chi connectivity index (χ0v) is 15.8.